The number of hydrogen-bond acceptors (Lipinski definition) is 4. The van der Waals surface area contributed by atoms with Gasteiger partial charge in [0.05, 0.1) is 6.07 Å². The van der Waals surface area contributed by atoms with Gasteiger partial charge >= 0.3 is 0 Å². The Labute approximate surface area is 127 Å². The number of nitrogens with one attached hydrogen (secondary N) is 1. The average molecular weight is 309 g/mol. The van der Waals surface area contributed by atoms with Crippen molar-refractivity contribution in [1.29, 1.82) is 5.26 Å². The van der Waals surface area contributed by atoms with Crippen molar-refractivity contribution < 1.29 is 8.42 Å². The van der Waals surface area contributed by atoms with Crippen LogP contribution in [0.4, 0.5) is 0 Å². The number of benzene rings is 1. The van der Waals surface area contributed by atoms with Gasteiger partial charge in [-0.3, -0.25) is 0 Å². The van der Waals surface area contributed by atoms with Gasteiger partial charge in [-0.1, -0.05) is 37.3 Å². The Hall–Kier alpha value is -1.42. The molecule has 1 aromatic rings. The van der Waals surface area contributed by atoms with Crippen molar-refractivity contribution >= 4 is 10.0 Å². The molecule has 0 heterocycles. The third kappa shape index (κ3) is 6.25. The van der Waals surface area contributed by atoms with E-state index in [9.17, 15) is 8.42 Å². The first-order valence-electron chi connectivity index (χ1n) is 7.10. The molecule has 0 saturated heterocycles. The lowest BCUT2D eigenvalue weighted by Gasteiger charge is -2.17. The highest BCUT2D eigenvalue weighted by molar-refractivity contribution is 7.90. The number of nitriles is 1. The molecule has 0 bridgehead atoms. The van der Waals surface area contributed by atoms with Crippen LogP contribution in [-0.4, -0.2) is 38.7 Å². The Kier molecular flexibility index (Phi) is 7.37. The van der Waals surface area contributed by atoms with Crippen molar-refractivity contribution in [3.8, 4) is 6.07 Å². The highest BCUT2D eigenvalue weighted by Crippen LogP contribution is 2.04. The molecule has 1 N–H and O–H groups in total. The number of sulfonamides is 1. The second-order valence-electron chi connectivity index (χ2n) is 5.04. The van der Waals surface area contributed by atoms with E-state index in [1.807, 2.05) is 31.3 Å². The van der Waals surface area contributed by atoms with Gasteiger partial charge in [0, 0.05) is 13.1 Å². The molecule has 0 amide bonds. The van der Waals surface area contributed by atoms with Gasteiger partial charge in [0.15, 0.2) is 5.25 Å². The lowest BCUT2D eigenvalue weighted by molar-refractivity contribution is 0.322. The third-order valence-corrected chi connectivity index (χ3v) is 5.00. The Morgan fingerprint density at radius 3 is 2.57 bits per heavy atom. The fraction of sp³-hybridized carbons (Fsp3) is 0.533. The van der Waals surface area contributed by atoms with E-state index in [0.29, 0.717) is 19.4 Å². The summed E-state index contributed by atoms with van der Waals surface area (Å²) in [5.74, 6) is 0. The van der Waals surface area contributed by atoms with E-state index in [2.05, 4.69) is 21.8 Å². The first-order chi connectivity index (χ1) is 9.99. The van der Waals surface area contributed by atoms with Crippen LogP contribution in [-0.2, 0) is 16.6 Å². The Morgan fingerprint density at radius 1 is 1.33 bits per heavy atom. The molecule has 0 spiro atoms. The minimum atomic E-state index is -3.51. The Morgan fingerprint density at radius 2 is 2.00 bits per heavy atom. The molecule has 6 heteroatoms. The molecule has 0 aliphatic rings. The Bertz CT molecular complexity index is 552. The number of hydrogen-bond donors (Lipinski definition) is 1. The average Bonchev–Trinajstić information content (AvgIpc) is 2.46. The first kappa shape index (κ1) is 17.6. The molecular weight excluding hydrogens is 286 g/mol. The quantitative estimate of drug-likeness (QED) is 0.705. The van der Waals surface area contributed by atoms with Crippen LogP contribution < -0.4 is 4.72 Å². The topological polar surface area (TPSA) is 73.2 Å². The molecule has 0 radical (unpaired) electrons. The second kappa shape index (κ2) is 8.78. The molecule has 116 valence electrons. The zero-order valence-corrected chi connectivity index (χ0v) is 13.4. The van der Waals surface area contributed by atoms with E-state index in [0.717, 1.165) is 13.1 Å². The van der Waals surface area contributed by atoms with Gasteiger partial charge in [-0.05, 0) is 32.0 Å². The molecule has 5 nitrogen and oxygen atoms in total. The van der Waals surface area contributed by atoms with E-state index in [4.69, 9.17) is 5.26 Å². The Balaban J connectivity index is 2.29. The van der Waals surface area contributed by atoms with Crippen molar-refractivity contribution in [1.82, 2.24) is 9.62 Å². The maximum absolute atomic E-state index is 11.8. The fourth-order valence-corrected chi connectivity index (χ4v) is 3.23. The summed E-state index contributed by atoms with van der Waals surface area (Å²) < 4.78 is 26.1. The molecule has 1 atom stereocenters. The summed E-state index contributed by atoms with van der Waals surface area (Å²) in [5, 5.41) is 7.83. The molecule has 1 aromatic carbocycles. The maximum atomic E-state index is 11.8. The molecule has 0 saturated carbocycles. The monoisotopic (exact) mass is 309 g/mol. The third-order valence-electron chi connectivity index (χ3n) is 3.20. The summed E-state index contributed by atoms with van der Waals surface area (Å²) in [6.45, 7) is 3.69. The smallest absolute Gasteiger partial charge is 0.227 e. The van der Waals surface area contributed by atoms with Crippen LogP contribution in [0.5, 0.6) is 0 Å². The normalized spacial score (nSPS) is 13.0. The van der Waals surface area contributed by atoms with E-state index in [1.54, 1.807) is 6.92 Å². The molecule has 1 unspecified atom stereocenters. The summed E-state index contributed by atoms with van der Waals surface area (Å²) in [4.78, 5) is 2.14. The van der Waals surface area contributed by atoms with Crippen LogP contribution in [0.1, 0.15) is 25.3 Å². The van der Waals surface area contributed by atoms with Gasteiger partial charge in [0.1, 0.15) is 0 Å². The highest BCUT2D eigenvalue weighted by Gasteiger charge is 2.22. The molecule has 0 aromatic heterocycles. The van der Waals surface area contributed by atoms with Crippen LogP contribution in [0.3, 0.4) is 0 Å². The van der Waals surface area contributed by atoms with Gasteiger partial charge in [-0.2, -0.15) is 5.26 Å². The van der Waals surface area contributed by atoms with Crippen LogP contribution in [0.25, 0.3) is 0 Å². The van der Waals surface area contributed by atoms with Crippen LogP contribution in [0.2, 0.25) is 0 Å². The van der Waals surface area contributed by atoms with E-state index >= 15 is 0 Å². The van der Waals surface area contributed by atoms with Crippen molar-refractivity contribution in [2.24, 2.45) is 0 Å². The summed E-state index contributed by atoms with van der Waals surface area (Å²) in [6, 6.07) is 11.9. The minimum absolute atomic E-state index is 0.305. The summed E-state index contributed by atoms with van der Waals surface area (Å²) in [6.07, 6.45) is 1.02. The lowest BCUT2D eigenvalue weighted by atomic mass is 10.2. The minimum Gasteiger partial charge on any atom is -0.302 e. The predicted molar refractivity (Wildman–Crippen MR) is 84.0 cm³/mol. The highest BCUT2D eigenvalue weighted by atomic mass is 32.2. The van der Waals surface area contributed by atoms with E-state index in [1.165, 1.54) is 5.56 Å². The zero-order valence-electron chi connectivity index (χ0n) is 12.6. The first-order valence-corrected chi connectivity index (χ1v) is 8.64. The standard InChI is InChI=1S/C15H23N3O2S/c1-3-15(12-16)21(19,20)17-10-7-11-18(2)13-14-8-5-4-6-9-14/h4-6,8-9,15,17H,3,7,10-11,13H2,1-2H3. The van der Waals surface area contributed by atoms with Crippen LogP contribution in [0.15, 0.2) is 30.3 Å². The van der Waals surface area contributed by atoms with Gasteiger partial charge in [0.2, 0.25) is 10.0 Å². The SMILES string of the molecule is CCC(C#N)S(=O)(=O)NCCCN(C)Cc1ccccc1. The van der Waals surface area contributed by atoms with Crippen molar-refractivity contribution in [2.75, 3.05) is 20.1 Å². The van der Waals surface area contributed by atoms with Gasteiger partial charge in [-0.25, -0.2) is 13.1 Å². The lowest BCUT2D eigenvalue weighted by Crippen LogP contribution is -2.35. The zero-order chi connectivity index (χ0) is 15.7. The molecule has 0 aliphatic heterocycles. The molecule has 1 rings (SSSR count). The molecular formula is C15H23N3O2S. The maximum Gasteiger partial charge on any atom is 0.227 e. The van der Waals surface area contributed by atoms with Crippen molar-refractivity contribution in [3.05, 3.63) is 35.9 Å². The van der Waals surface area contributed by atoms with Gasteiger partial charge in [0.25, 0.3) is 0 Å². The summed E-state index contributed by atoms with van der Waals surface area (Å²) in [7, 11) is -1.50. The predicted octanol–water partition coefficient (Wildman–Crippen LogP) is 1.73. The van der Waals surface area contributed by atoms with Crippen LogP contribution >= 0.6 is 0 Å². The van der Waals surface area contributed by atoms with Crippen molar-refractivity contribution in [3.63, 3.8) is 0 Å². The largest absolute Gasteiger partial charge is 0.302 e. The summed E-state index contributed by atoms with van der Waals surface area (Å²) in [5.41, 5.74) is 1.23. The number of rotatable bonds is 9. The van der Waals surface area contributed by atoms with E-state index < -0.39 is 15.3 Å². The summed E-state index contributed by atoms with van der Waals surface area (Å²) >= 11 is 0. The van der Waals surface area contributed by atoms with Crippen LogP contribution in [0, 0.1) is 11.3 Å². The molecule has 0 aliphatic carbocycles. The molecule has 0 fully saturated rings. The van der Waals surface area contributed by atoms with E-state index in [-0.39, 0.29) is 0 Å². The second-order valence-corrected chi connectivity index (χ2v) is 6.99. The van der Waals surface area contributed by atoms with Crippen molar-refractivity contribution in [2.45, 2.75) is 31.6 Å². The van der Waals surface area contributed by atoms with Gasteiger partial charge < -0.3 is 4.90 Å². The number of nitrogens with zero attached hydrogens (tertiary/aromatic N) is 2. The van der Waals surface area contributed by atoms with Gasteiger partial charge in [-0.15, -0.1) is 0 Å². The fourth-order valence-electron chi connectivity index (χ4n) is 2.02. The molecule has 21 heavy (non-hydrogen) atoms.